The molecule has 0 bridgehead atoms. The number of rotatable bonds is 5. The van der Waals surface area contributed by atoms with Gasteiger partial charge in [-0.3, -0.25) is 4.79 Å². The predicted molar refractivity (Wildman–Crippen MR) is 113 cm³/mol. The number of aromatic nitrogens is 2. The Morgan fingerprint density at radius 2 is 1.89 bits per heavy atom. The van der Waals surface area contributed by atoms with Crippen molar-refractivity contribution in [2.75, 3.05) is 11.4 Å². The van der Waals surface area contributed by atoms with E-state index in [0.717, 1.165) is 34.5 Å². The molecule has 0 saturated carbocycles. The third-order valence-electron chi connectivity index (χ3n) is 5.24. The quantitative estimate of drug-likeness (QED) is 0.551. The first kappa shape index (κ1) is 18.2. The standard InChI is InChI=1S/C22H24BrN3O/c1-15(2)11-12-25-20-6-4-3-5-19(20)24-22(25)16-13-21(27)26(14-16)18-9-7-17(23)8-10-18/h3-10,15-16H,11-14H2,1-2H3. The summed E-state index contributed by atoms with van der Waals surface area (Å²) in [6.45, 7) is 6.11. The molecule has 1 fully saturated rings. The summed E-state index contributed by atoms with van der Waals surface area (Å²) in [5, 5.41) is 0. The first-order chi connectivity index (χ1) is 13.0. The van der Waals surface area contributed by atoms with Gasteiger partial charge in [-0.15, -0.1) is 0 Å². The van der Waals surface area contributed by atoms with Crippen LogP contribution in [-0.4, -0.2) is 22.0 Å². The maximum absolute atomic E-state index is 12.7. The second-order valence-corrected chi connectivity index (χ2v) is 8.59. The molecule has 1 atom stereocenters. The molecule has 0 N–H and O–H groups in total. The number of hydrogen-bond acceptors (Lipinski definition) is 2. The Hall–Kier alpha value is -2.14. The average Bonchev–Trinajstić information content (AvgIpc) is 3.21. The van der Waals surface area contributed by atoms with Crippen LogP contribution in [0.1, 0.15) is 38.4 Å². The molecule has 2 heterocycles. The smallest absolute Gasteiger partial charge is 0.227 e. The highest BCUT2D eigenvalue weighted by Gasteiger charge is 2.34. The summed E-state index contributed by atoms with van der Waals surface area (Å²) >= 11 is 3.46. The van der Waals surface area contributed by atoms with Crippen molar-refractivity contribution in [1.82, 2.24) is 9.55 Å². The molecule has 1 unspecified atom stereocenters. The molecule has 140 valence electrons. The molecule has 3 aromatic rings. The van der Waals surface area contributed by atoms with Gasteiger partial charge in [0.2, 0.25) is 5.91 Å². The second kappa shape index (κ2) is 7.47. The maximum Gasteiger partial charge on any atom is 0.227 e. The number of nitrogens with zero attached hydrogens (tertiary/aromatic N) is 3. The summed E-state index contributed by atoms with van der Waals surface area (Å²) in [5.74, 6) is 1.97. The summed E-state index contributed by atoms with van der Waals surface area (Å²) < 4.78 is 3.35. The molecule has 1 aromatic heterocycles. The number of benzene rings is 2. The lowest BCUT2D eigenvalue weighted by atomic mass is 10.1. The van der Waals surface area contributed by atoms with Crippen LogP contribution >= 0.6 is 15.9 Å². The van der Waals surface area contributed by atoms with E-state index in [2.05, 4.69) is 52.5 Å². The van der Waals surface area contributed by atoms with Crippen molar-refractivity contribution in [3.05, 3.63) is 58.8 Å². The Morgan fingerprint density at radius 3 is 2.63 bits per heavy atom. The lowest BCUT2D eigenvalue weighted by Crippen LogP contribution is -2.24. The molecule has 4 rings (SSSR count). The highest BCUT2D eigenvalue weighted by Crippen LogP contribution is 2.33. The molecule has 1 aliphatic rings. The Balaban J connectivity index is 1.66. The number of hydrogen-bond donors (Lipinski definition) is 0. The normalized spacial score (nSPS) is 17.4. The van der Waals surface area contributed by atoms with Gasteiger partial charge in [0.25, 0.3) is 0 Å². The van der Waals surface area contributed by atoms with Gasteiger partial charge in [-0.25, -0.2) is 4.98 Å². The van der Waals surface area contributed by atoms with Crippen LogP contribution in [0.4, 0.5) is 5.69 Å². The molecule has 0 aliphatic carbocycles. The number of fused-ring (bicyclic) bond motifs is 1. The predicted octanol–water partition coefficient (Wildman–Crippen LogP) is 5.37. The number of halogens is 1. The number of anilines is 1. The highest BCUT2D eigenvalue weighted by molar-refractivity contribution is 9.10. The van der Waals surface area contributed by atoms with E-state index in [0.29, 0.717) is 18.9 Å². The van der Waals surface area contributed by atoms with E-state index in [4.69, 9.17) is 4.98 Å². The maximum atomic E-state index is 12.7. The van der Waals surface area contributed by atoms with Gasteiger partial charge in [0.05, 0.1) is 11.0 Å². The van der Waals surface area contributed by atoms with Crippen LogP contribution in [0.2, 0.25) is 0 Å². The van der Waals surface area contributed by atoms with Crippen molar-refractivity contribution < 1.29 is 4.79 Å². The van der Waals surface area contributed by atoms with E-state index < -0.39 is 0 Å². The fourth-order valence-electron chi connectivity index (χ4n) is 3.78. The first-order valence-electron chi connectivity index (χ1n) is 9.54. The molecule has 1 aliphatic heterocycles. The Bertz CT molecular complexity index is 961. The molecule has 1 saturated heterocycles. The van der Waals surface area contributed by atoms with Crippen LogP contribution in [0.5, 0.6) is 0 Å². The summed E-state index contributed by atoms with van der Waals surface area (Å²) in [6.07, 6.45) is 1.62. The molecular formula is C22H24BrN3O. The number of carbonyl (C=O) groups excluding carboxylic acids is 1. The van der Waals surface area contributed by atoms with E-state index in [1.54, 1.807) is 0 Å². The highest BCUT2D eigenvalue weighted by atomic mass is 79.9. The van der Waals surface area contributed by atoms with Crippen molar-refractivity contribution in [2.45, 2.75) is 39.2 Å². The third kappa shape index (κ3) is 3.65. The van der Waals surface area contributed by atoms with Gasteiger partial charge in [0.1, 0.15) is 5.82 Å². The van der Waals surface area contributed by atoms with Crippen molar-refractivity contribution >= 4 is 38.6 Å². The summed E-state index contributed by atoms with van der Waals surface area (Å²) in [4.78, 5) is 19.5. The summed E-state index contributed by atoms with van der Waals surface area (Å²) in [5.41, 5.74) is 3.14. The van der Waals surface area contributed by atoms with Crippen molar-refractivity contribution in [3.63, 3.8) is 0 Å². The zero-order chi connectivity index (χ0) is 19.0. The zero-order valence-electron chi connectivity index (χ0n) is 15.7. The van der Waals surface area contributed by atoms with Gasteiger partial charge in [-0.05, 0) is 48.7 Å². The molecular weight excluding hydrogens is 402 g/mol. The molecule has 2 aromatic carbocycles. The molecule has 0 spiro atoms. The van der Waals surface area contributed by atoms with Crippen molar-refractivity contribution in [3.8, 4) is 0 Å². The van der Waals surface area contributed by atoms with E-state index in [-0.39, 0.29) is 11.8 Å². The van der Waals surface area contributed by atoms with E-state index >= 15 is 0 Å². The lowest BCUT2D eigenvalue weighted by Gasteiger charge is -2.18. The van der Waals surface area contributed by atoms with Gasteiger partial charge in [-0.1, -0.05) is 41.9 Å². The topological polar surface area (TPSA) is 38.1 Å². The number of amides is 1. The number of carbonyl (C=O) groups is 1. The Labute approximate surface area is 168 Å². The summed E-state index contributed by atoms with van der Waals surface area (Å²) in [6, 6.07) is 16.2. The van der Waals surface area contributed by atoms with Gasteiger partial charge in [-0.2, -0.15) is 0 Å². The minimum atomic E-state index is 0.126. The van der Waals surface area contributed by atoms with Crippen LogP contribution in [0, 0.1) is 5.92 Å². The van der Waals surface area contributed by atoms with Crippen molar-refractivity contribution in [2.24, 2.45) is 5.92 Å². The fourth-order valence-corrected chi connectivity index (χ4v) is 4.04. The molecule has 27 heavy (non-hydrogen) atoms. The molecule has 4 nitrogen and oxygen atoms in total. The Kier molecular flexibility index (Phi) is 5.04. The zero-order valence-corrected chi connectivity index (χ0v) is 17.3. The number of aryl methyl sites for hydroxylation is 1. The number of para-hydroxylation sites is 2. The third-order valence-corrected chi connectivity index (χ3v) is 5.77. The summed E-state index contributed by atoms with van der Waals surface area (Å²) in [7, 11) is 0. The van der Waals surface area contributed by atoms with Crippen molar-refractivity contribution in [1.29, 1.82) is 0 Å². The molecule has 0 radical (unpaired) electrons. The minimum absolute atomic E-state index is 0.126. The molecule has 5 heteroatoms. The monoisotopic (exact) mass is 425 g/mol. The van der Waals surface area contributed by atoms with Gasteiger partial charge < -0.3 is 9.47 Å². The van der Waals surface area contributed by atoms with Crippen LogP contribution in [0.15, 0.2) is 53.0 Å². The van der Waals surface area contributed by atoms with Gasteiger partial charge in [0.15, 0.2) is 0 Å². The Morgan fingerprint density at radius 1 is 1.15 bits per heavy atom. The average molecular weight is 426 g/mol. The fraction of sp³-hybridized carbons (Fsp3) is 0.364. The van der Waals surface area contributed by atoms with E-state index in [9.17, 15) is 4.79 Å². The van der Waals surface area contributed by atoms with Gasteiger partial charge in [0, 0.05) is 35.6 Å². The number of imidazole rings is 1. The van der Waals surface area contributed by atoms with Gasteiger partial charge >= 0.3 is 0 Å². The lowest BCUT2D eigenvalue weighted by molar-refractivity contribution is -0.117. The second-order valence-electron chi connectivity index (χ2n) is 7.67. The van der Waals surface area contributed by atoms with E-state index in [1.165, 1.54) is 5.52 Å². The van der Waals surface area contributed by atoms with Crippen LogP contribution in [0.25, 0.3) is 11.0 Å². The van der Waals surface area contributed by atoms with E-state index in [1.807, 2.05) is 35.2 Å². The largest absolute Gasteiger partial charge is 0.328 e. The van der Waals surface area contributed by atoms with Crippen LogP contribution < -0.4 is 4.90 Å². The molecule has 1 amide bonds. The SMILES string of the molecule is CC(C)CCn1c(C2CC(=O)N(c3ccc(Br)cc3)C2)nc2ccccc21. The van der Waals surface area contributed by atoms with Crippen LogP contribution in [0.3, 0.4) is 0 Å². The minimum Gasteiger partial charge on any atom is -0.328 e. The first-order valence-corrected chi connectivity index (χ1v) is 10.3. The van der Waals surface area contributed by atoms with Crippen LogP contribution in [-0.2, 0) is 11.3 Å².